The van der Waals surface area contributed by atoms with E-state index in [1.165, 1.54) is 0 Å². The van der Waals surface area contributed by atoms with E-state index in [9.17, 15) is 9.59 Å². The second-order valence-corrected chi connectivity index (χ2v) is 5.30. The number of benzene rings is 1. The van der Waals surface area contributed by atoms with Crippen LogP contribution in [0.5, 0.6) is 0 Å². The van der Waals surface area contributed by atoms with Crippen LogP contribution >= 0.6 is 0 Å². The molecule has 20 heavy (non-hydrogen) atoms. The lowest BCUT2D eigenvalue weighted by Crippen LogP contribution is -2.20. The van der Waals surface area contributed by atoms with E-state index in [1.54, 1.807) is 0 Å². The van der Waals surface area contributed by atoms with Crippen molar-refractivity contribution in [1.29, 1.82) is 0 Å². The first-order valence-corrected chi connectivity index (χ1v) is 7.06. The Kier molecular flexibility index (Phi) is 6.22. The zero-order valence-electron chi connectivity index (χ0n) is 12.3. The van der Waals surface area contributed by atoms with Gasteiger partial charge in [0.1, 0.15) is 0 Å². The SMILES string of the molecule is CCCC(C)C(=O)Nc1ccc(C(C)CC(=O)O)cc1. The van der Waals surface area contributed by atoms with Gasteiger partial charge in [-0.05, 0) is 30.0 Å². The minimum Gasteiger partial charge on any atom is -0.481 e. The van der Waals surface area contributed by atoms with Crippen molar-refractivity contribution >= 4 is 17.6 Å². The number of carbonyl (C=O) groups excluding carboxylic acids is 1. The van der Waals surface area contributed by atoms with Crippen LogP contribution in [-0.2, 0) is 9.59 Å². The number of hydrogen-bond donors (Lipinski definition) is 2. The summed E-state index contributed by atoms with van der Waals surface area (Å²) in [6.07, 6.45) is 1.97. The fourth-order valence-electron chi connectivity index (χ4n) is 2.10. The molecule has 1 rings (SSSR count). The maximum absolute atomic E-state index is 11.9. The molecule has 2 atom stereocenters. The van der Waals surface area contributed by atoms with Gasteiger partial charge in [0, 0.05) is 11.6 Å². The quantitative estimate of drug-likeness (QED) is 0.799. The molecule has 2 N–H and O–H groups in total. The van der Waals surface area contributed by atoms with Crippen LogP contribution < -0.4 is 5.32 Å². The van der Waals surface area contributed by atoms with Crippen molar-refractivity contribution in [2.45, 2.75) is 46.0 Å². The van der Waals surface area contributed by atoms with E-state index in [0.717, 1.165) is 24.1 Å². The Morgan fingerprint density at radius 1 is 1.20 bits per heavy atom. The molecule has 0 heterocycles. The smallest absolute Gasteiger partial charge is 0.303 e. The highest BCUT2D eigenvalue weighted by Gasteiger charge is 2.13. The maximum Gasteiger partial charge on any atom is 0.303 e. The molecule has 1 aromatic carbocycles. The molecule has 0 bridgehead atoms. The Morgan fingerprint density at radius 2 is 1.80 bits per heavy atom. The normalized spacial score (nSPS) is 13.6. The van der Waals surface area contributed by atoms with Gasteiger partial charge in [-0.1, -0.05) is 39.3 Å². The first-order valence-electron chi connectivity index (χ1n) is 7.06. The van der Waals surface area contributed by atoms with Crippen molar-refractivity contribution in [3.63, 3.8) is 0 Å². The predicted molar refractivity (Wildman–Crippen MR) is 79.8 cm³/mol. The van der Waals surface area contributed by atoms with Crippen LogP contribution in [0.1, 0.15) is 51.5 Å². The summed E-state index contributed by atoms with van der Waals surface area (Å²) in [4.78, 5) is 22.6. The van der Waals surface area contributed by atoms with Crippen molar-refractivity contribution in [2.24, 2.45) is 5.92 Å². The average molecular weight is 277 g/mol. The first-order chi connectivity index (χ1) is 9.43. The Morgan fingerprint density at radius 3 is 2.30 bits per heavy atom. The van der Waals surface area contributed by atoms with E-state index in [4.69, 9.17) is 5.11 Å². The number of carboxylic acid groups (broad SMARTS) is 1. The van der Waals surface area contributed by atoms with Crippen molar-refractivity contribution in [2.75, 3.05) is 5.32 Å². The summed E-state index contributed by atoms with van der Waals surface area (Å²) in [5.74, 6) is -0.802. The minimum atomic E-state index is -0.803. The summed E-state index contributed by atoms with van der Waals surface area (Å²) in [5.41, 5.74) is 1.72. The fraction of sp³-hybridized carbons (Fsp3) is 0.500. The molecule has 110 valence electrons. The summed E-state index contributed by atoms with van der Waals surface area (Å²) >= 11 is 0. The molecule has 4 heteroatoms. The predicted octanol–water partition coefficient (Wildman–Crippen LogP) is 3.64. The summed E-state index contributed by atoms with van der Waals surface area (Å²) in [6.45, 7) is 5.86. The summed E-state index contributed by atoms with van der Waals surface area (Å²) in [6, 6.07) is 7.38. The standard InChI is InChI=1S/C16H23NO3/c1-4-5-11(2)16(20)17-14-8-6-13(7-9-14)12(3)10-15(18)19/h6-9,11-12H,4-5,10H2,1-3H3,(H,17,20)(H,18,19). The third-order valence-electron chi connectivity index (χ3n) is 3.40. The maximum atomic E-state index is 11.9. The number of anilines is 1. The molecule has 0 aromatic heterocycles. The van der Waals surface area contributed by atoms with Crippen LogP contribution in [-0.4, -0.2) is 17.0 Å². The highest BCUT2D eigenvalue weighted by atomic mass is 16.4. The molecule has 0 radical (unpaired) electrons. The van der Waals surface area contributed by atoms with Crippen molar-refractivity contribution < 1.29 is 14.7 Å². The molecular weight excluding hydrogens is 254 g/mol. The van der Waals surface area contributed by atoms with Gasteiger partial charge >= 0.3 is 5.97 Å². The van der Waals surface area contributed by atoms with Crippen LogP contribution in [0.25, 0.3) is 0 Å². The van der Waals surface area contributed by atoms with Crippen LogP contribution in [0.15, 0.2) is 24.3 Å². The lowest BCUT2D eigenvalue weighted by atomic mass is 9.97. The summed E-state index contributed by atoms with van der Waals surface area (Å²) in [7, 11) is 0. The molecule has 0 saturated carbocycles. The topological polar surface area (TPSA) is 66.4 Å². The number of hydrogen-bond acceptors (Lipinski definition) is 2. The highest BCUT2D eigenvalue weighted by molar-refractivity contribution is 5.92. The zero-order valence-corrected chi connectivity index (χ0v) is 12.3. The van der Waals surface area contributed by atoms with Gasteiger partial charge in [0.25, 0.3) is 0 Å². The Balaban J connectivity index is 2.62. The largest absolute Gasteiger partial charge is 0.481 e. The number of carboxylic acids is 1. The van der Waals surface area contributed by atoms with E-state index < -0.39 is 5.97 Å². The van der Waals surface area contributed by atoms with E-state index in [-0.39, 0.29) is 24.2 Å². The third-order valence-corrected chi connectivity index (χ3v) is 3.40. The van der Waals surface area contributed by atoms with Gasteiger partial charge in [-0.2, -0.15) is 0 Å². The molecule has 0 aliphatic rings. The fourth-order valence-corrected chi connectivity index (χ4v) is 2.10. The van der Waals surface area contributed by atoms with E-state index >= 15 is 0 Å². The molecule has 0 fully saturated rings. The Bertz CT molecular complexity index is 453. The van der Waals surface area contributed by atoms with Gasteiger partial charge < -0.3 is 10.4 Å². The van der Waals surface area contributed by atoms with Crippen LogP contribution in [0.2, 0.25) is 0 Å². The monoisotopic (exact) mass is 277 g/mol. The van der Waals surface area contributed by atoms with E-state index in [2.05, 4.69) is 12.2 Å². The van der Waals surface area contributed by atoms with Gasteiger partial charge in [-0.25, -0.2) is 0 Å². The molecule has 2 unspecified atom stereocenters. The van der Waals surface area contributed by atoms with Gasteiger partial charge in [-0.15, -0.1) is 0 Å². The molecule has 0 spiro atoms. The van der Waals surface area contributed by atoms with Crippen LogP contribution in [0.4, 0.5) is 5.69 Å². The lowest BCUT2D eigenvalue weighted by Gasteiger charge is -2.13. The number of carbonyl (C=O) groups is 2. The average Bonchev–Trinajstić information content (AvgIpc) is 2.39. The second kappa shape index (κ2) is 7.68. The van der Waals surface area contributed by atoms with E-state index in [0.29, 0.717) is 0 Å². The third kappa shape index (κ3) is 5.03. The molecule has 1 aromatic rings. The minimum absolute atomic E-state index is 0.00519. The molecular formula is C16H23NO3. The second-order valence-electron chi connectivity index (χ2n) is 5.30. The number of amides is 1. The number of nitrogens with one attached hydrogen (secondary N) is 1. The Labute approximate surface area is 120 Å². The molecule has 1 amide bonds. The van der Waals surface area contributed by atoms with Crippen LogP contribution in [0, 0.1) is 5.92 Å². The van der Waals surface area contributed by atoms with Crippen molar-refractivity contribution in [1.82, 2.24) is 0 Å². The summed E-state index contributed by atoms with van der Waals surface area (Å²) in [5, 5.41) is 11.7. The number of aliphatic carboxylic acids is 1. The summed E-state index contributed by atoms with van der Waals surface area (Å²) < 4.78 is 0. The molecule has 4 nitrogen and oxygen atoms in total. The number of rotatable bonds is 7. The van der Waals surface area contributed by atoms with Gasteiger partial charge in [0.05, 0.1) is 6.42 Å². The zero-order chi connectivity index (χ0) is 15.1. The lowest BCUT2D eigenvalue weighted by molar-refractivity contribution is -0.137. The van der Waals surface area contributed by atoms with Gasteiger partial charge in [-0.3, -0.25) is 9.59 Å². The first kappa shape index (κ1) is 16.2. The van der Waals surface area contributed by atoms with Crippen LogP contribution in [0.3, 0.4) is 0 Å². The molecule has 0 aliphatic heterocycles. The van der Waals surface area contributed by atoms with Gasteiger partial charge in [0.15, 0.2) is 0 Å². The van der Waals surface area contributed by atoms with E-state index in [1.807, 2.05) is 38.1 Å². The van der Waals surface area contributed by atoms with Crippen molar-refractivity contribution in [3.05, 3.63) is 29.8 Å². The molecule has 0 aliphatic carbocycles. The molecule has 0 saturated heterocycles. The van der Waals surface area contributed by atoms with Gasteiger partial charge in [0.2, 0.25) is 5.91 Å². The highest BCUT2D eigenvalue weighted by Crippen LogP contribution is 2.21. The van der Waals surface area contributed by atoms with Crippen molar-refractivity contribution in [3.8, 4) is 0 Å². The Hall–Kier alpha value is -1.84.